The first-order valence-electron chi connectivity index (χ1n) is 26.7. The van der Waals surface area contributed by atoms with Crippen LogP contribution in [-0.4, -0.2) is 175 Å². The third-order valence-electron chi connectivity index (χ3n) is 12.6. The number of rotatable bonds is 13. The first-order valence-corrected chi connectivity index (χ1v) is 26.7. The van der Waals surface area contributed by atoms with E-state index in [1.165, 1.54) is 23.3 Å². The van der Waals surface area contributed by atoms with Gasteiger partial charge in [-0.3, -0.25) is 19.9 Å². The van der Waals surface area contributed by atoms with Crippen LogP contribution >= 0.6 is 0 Å². The van der Waals surface area contributed by atoms with E-state index in [9.17, 15) is 19.2 Å². The summed E-state index contributed by atoms with van der Waals surface area (Å²) in [5.74, 6) is 1.90. The Bertz CT molecular complexity index is 4050. The number of esters is 2. The molecule has 13 rings (SSSR count). The third kappa shape index (κ3) is 17.2. The standard InChI is InChI=1S/C14H11N5O2.C13H16N6O.C13H10N4O3.C12H10N4.C5H7N5O/c20-14(21-9-10-2-1-7-15-8-10)12-5-3-11(4-6-12)13-16-18-19-17-13;1-18-6-8-19(9-7-18)13(20)11-4-2-10(3-5-11)12-14-16-17-15-12;18-13(20-8-11-2-1-7-19-11)10-5-3-9(4-6-10)12-14-16-17-15-12;1-8-6-7-11(12-13-15-16-14-12)10-5-3-2-4-9(8)10;1-2-3-4(11)6-5-7-9-10-8-5/h1-8H,9H2,(H,16,17,18,19);2-5H,6-9H2,1H3,(H,14,15,16,17);1-7H,8H2,(H,14,15,16,17);2-7H,1H3,(H,13,14,15,16);2-3H,1H3,(H2,6,7,8,9,10,11)/b;;;;3-2+. The molecule has 31 nitrogen and oxygen atoms in total. The van der Waals surface area contributed by atoms with Gasteiger partial charge in [0.25, 0.3) is 11.9 Å². The number of piperazine rings is 1. The van der Waals surface area contributed by atoms with Gasteiger partial charge in [0.2, 0.25) is 29.2 Å². The Hall–Kier alpha value is -12.3. The summed E-state index contributed by atoms with van der Waals surface area (Å²) in [6.07, 6.45) is 7.85. The zero-order chi connectivity index (χ0) is 61.3. The van der Waals surface area contributed by atoms with Gasteiger partial charge in [0, 0.05) is 72.0 Å². The topological polar surface area (TPSA) is 404 Å². The van der Waals surface area contributed by atoms with Gasteiger partial charge in [0.05, 0.1) is 17.4 Å². The summed E-state index contributed by atoms with van der Waals surface area (Å²) in [6.45, 7) is 7.55. The highest BCUT2D eigenvalue weighted by molar-refractivity contribution is 5.98. The summed E-state index contributed by atoms with van der Waals surface area (Å²) in [6, 6.07) is 40.3. The smallest absolute Gasteiger partial charge is 0.338 e. The van der Waals surface area contributed by atoms with Crippen molar-refractivity contribution in [3.63, 3.8) is 0 Å². The Labute approximate surface area is 498 Å². The maximum Gasteiger partial charge on any atom is 0.338 e. The normalized spacial score (nSPS) is 11.8. The number of anilines is 1. The molecule has 1 saturated heterocycles. The van der Waals surface area contributed by atoms with Crippen molar-refractivity contribution in [3.8, 4) is 45.6 Å². The number of tetrazole rings is 5. The second kappa shape index (κ2) is 30.9. The molecule has 2 amide bonds. The van der Waals surface area contributed by atoms with E-state index in [-0.39, 0.29) is 31.0 Å². The van der Waals surface area contributed by atoms with Crippen molar-refractivity contribution in [2.24, 2.45) is 0 Å². The first kappa shape index (κ1) is 60.3. The number of H-pyrrole nitrogens is 5. The predicted octanol–water partition coefficient (Wildman–Crippen LogP) is 5.73. The largest absolute Gasteiger partial charge is 0.466 e. The molecule has 1 aliphatic heterocycles. The minimum Gasteiger partial charge on any atom is -0.466 e. The molecule has 31 heteroatoms. The second-order valence-corrected chi connectivity index (χ2v) is 18.6. The molecule has 1 fully saturated rings. The molecule has 0 atom stereocenters. The summed E-state index contributed by atoms with van der Waals surface area (Å²) in [7, 11) is 2.07. The van der Waals surface area contributed by atoms with Crippen LogP contribution in [0, 0.1) is 6.92 Å². The number of aromatic nitrogens is 21. The number of fused-ring (bicyclic) bond motifs is 1. The zero-order valence-electron chi connectivity index (χ0n) is 47.2. The molecule has 0 spiro atoms. The number of amides is 2. The summed E-state index contributed by atoms with van der Waals surface area (Å²) in [5, 5.41) is 72.3. The van der Waals surface area contributed by atoms with Crippen LogP contribution < -0.4 is 5.32 Å². The maximum absolute atomic E-state index is 12.4. The molecule has 444 valence electrons. The van der Waals surface area contributed by atoms with Crippen LogP contribution in [0.25, 0.3) is 56.3 Å². The molecule has 12 aromatic rings. The molecule has 88 heavy (non-hydrogen) atoms. The van der Waals surface area contributed by atoms with Crippen molar-refractivity contribution >= 4 is 40.5 Å². The van der Waals surface area contributed by atoms with Crippen molar-refractivity contribution < 1.29 is 33.1 Å². The molecule has 0 bridgehead atoms. The molecule has 7 aromatic heterocycles. The number of furan rings is 1. The molecular weight excluding hydrogens is 1130 g/mol. The van der Waals surface area contributed by atoms with E-state index in [0.717, 1.165) is 59.4 Å². The Kier molecular flexibility index (Phi) is 21.1. The van der Waals surface area contributed by atoms with Crippen molar-refractivity contribution in [2.75, 3.05) is 38.5 Å². The van der Waals surface area contributed by atoms with Crippen molar-refractivity contribution in [3.05, 3.63) is 198 Å². The lowest BCUT2D eigenvalue weighted by atomic mass is 10.0. The van der Waals surface area contributed by atoms with E-state index in [0.29, 0.717) is 45.7 Å². The molecule has 6 N–H and O–H groups in total. The summed E-state index contributed by atoms with van der Waals surface area (Å²) >= 11 is 0. The number of hydrogen-bond donors (Lipinski definition) is 6. The molecule has 0 aliphatic carbocycles. The van der Waals surface area contributed by atoms with Gasteiger partial charge >= 0.3 is 11.9 Å². The van der Waals surface area contributed by atoms with Gasteiger partial charge in [-0.05, 0) is 124 Å². The lowest BCUT2D eigenvalue weighted by Crippen LogP contribution is -2.47. The molecule has 0 saturated carbocycles. The van der Waals surface area contributed by atoms with E-state index in [1.807, 2.05) is 53.4 Å². The number of ether oxygens (including phenoxy) is 2. The van der Waals surface area contributed by atoms with E-state index >= 15 is 0 Å². The number of nitrogens with zero attached hydrogens (tertiary/aromatic N) is 18. The fourth-order valence-electron chi connectivity index (χ4n) is 8.09. The number of allylic oxidation sites excluding steroid dienone is 1. The molecular formula is C57H54N24O7. The maximum atomic E-state index is 12.4. The molecule has 0 radical (unpaired) electrons. The number of carbonyl (C=O) groups excluding carboxylic acids is 4. The zero-order valence-corrected chi connectivity index (χ0v) is 47.2. The SMILES string of the molecule is C/C=C/C(=O)Nc1nn[nH]n1.CN1CCN(C(=O)c2ccc(-c3nn[nH]n3)cc2)CC1.Cc1ccc(-c2nn[nH]n2)c2ccccc12.O=C(OCc1cccnc1)c1ccc(-c2nn[nH]n2)cc1.O=C(OCc1ccco1)c1ccc(-c2nn[nH]n2)cc1. The molecule has 8 heterocycles. The van der Waals surface area contributed by atoms with Crippen LogP contribution in [-0.2, 0) is 27.5 Å². The van der Waals surface area contributed by atoms with Crippen LogP contribution in [0.3, 0.4) is 0 Å². The Balaban J connectivity index is 0.000000133. The number of likely N-dealkylation sites (N-methyl/N-ethyl adjacent to an activating group) is 1. The first-order chi connectivity index (χ1) is 43.1. The number of nitrogens with one attached hydrogen (secondary N) is 6. The number of pyridine rings is 1. The summed E-state index contributed by atoms with van der Waals surface area (Å²) in [4.78, 5) is 55.0. The van der Waals surface area contributed by atoms with E-state index in [2.05, 4.69) is 150 Å². The van der Waals surface area contributed by atoms with Gasteiger partial charge in [-0.2, -0.15) is 26.1 Å². The lowest BCUT2D eigenvalue weighted by Gasteiger charge is -2.32. The predicted molar refractivity (Wildman–Crippen MR) is 313 cm³/mol. The molecule has 0 unspecified atom stereocenters. The Morgan fingerprint density at radius 3 is 1.57 bits per heavy atom. The van der Waals surface area contributed by atoms with E-state index in [4.69, 9.17) is 13.9 Å². The van der Waals surface area contributed by atoms with Gasteiger partial charge < -0.3 is 23.7 Å². The highest BCUT2D eigenvalue weighted by atomic mass is 16.5. The highest BCUT2D eigenvalue weighted by Crippen LogP contribution is 2.28. The van der Waals surface area contributed by atoms with E-state index in [1.54, 1.807) is 92.1 Å². The van der Waals surface area contributed by atoms with Crippen molar-refractivity contribution in [1.82, 2.24) is 118 Å². The summed E-state index contributed by atoms with van der Waals surface area (Å²) in [5.41, 5.74) is 7.09. The molecule has 5 aromatic carbocycles. The number of carbonyl (C=O) groups is 4. The number of aromatic amines is 5. The van der Waals surface area contributed by atoms with Crippen LogP contribution in [0.2, 0.25) is 0 Å². The fraction of sp³-hybridized carbons (Fsp3) is 0.158. The van der Waals surface area contributed by atoms with Crippen LogP contribution in [0.5, 0.6) is 0 Å². The summed E-state index contributed by atoms with van der Waals surface area (Å²) < 4.78 is 15.4. The minimum atomic E-state index is -0.416. The quantitative estimate of drug-likeness (QED) is 0.0592. The number of hydrogen-bond acceptors (Lipinski definition) is 24. The Morgan fingerprint density at radius 1 is 0.557 bits per heavy atom. The second-order valence-electron chi connectivity index (χ2n) is 18.6. The third-order valence-corrected chi connectivity index (χ3v) is 12.6. The van der Waals surface area contributed by atoms with Crippen LogP contribution in [0.15, 0.2) is 169 Å². The minimum absolute atomic E-state index is 0.0813. The molecule has 1 aliphatic rings. The van der Waals surface area contributed by atoms with Gasteiger partial charge in [0.1, 0.15) is 19.0 Å². The number of benzene rings is 5. The van der Waals surface area contributed by atoms with E-state index < -0.39 is 11.9 Å². The average molecular weight is 1190 g/mol. The Morgan fingerprint density at radius 2 is 1.08 bits per heavy atom. The van der Waals surface area contributed by atoms with Crippen molar-refractivity contribution in [2.45, 2.75) is 27.1 Å². The van der Waals surface area contributed by atoms with Gasteiger partial charge in [-0.15, -0.1) is 45.9 Å². The van der Waals surface area contributed by atoms with Gasteiger partial charge in [-0.1, -0.05) is 90.0 Å². The monoisotopic (exact) mass is 1190 g/mol. The van der Waals surface area contributed by atoms with Gasteiger partial charge in [0.15, 0.2) is 0 Å². The van der Waals surface area contributed by atoms with Crippen molar-refractivity contribution in [1.29, 1.82) is 0 Å². The van der Waals surface area contributed by atoms with Crippen LogP contribution in [0.1, 0.15) is 54.9 Å². The van der Waals surface area contributed by atoms with Crippen LogP contribution in [0.4, 0.5) is 5.95 Å². The highest BCUT2D eigenvalue weighted by Gasteiger charge is 2.21. The fourth-order valence-corrected chi connectivity index (χ4v) is 8.09. The average Bonchev–Trinajstić information content (AvgIpc) is 2.75. The lowest BCUT2D eigenvalue weighted by molar-refractivity contribution is -0.112. The van der Waals surface area contributed by atoms with Gasteiger partial charge in [-0.25, -0.2) is 9.59 Å². The number of aryl methyl sites for hydroxylation is 1.